The molecule has 1 heterocycles. The first-order chi connectivity index (χ1) is 10.0. The number of likely N-dealkylation sites (N-methyl/N-ethyl adjacent to an activating group) is 1. The number of nitrogen functional groups attached to an aromatic ring is 1. The summed E-state index contributed by atoms with van der Waals surface area (Å²) in [6.45, 7) is 5.05. The van der Waals surface area contributed by atoms with Gasteiger partial charge in [-0.3, -0.25) is 16.0 Å². The molecule has 1 fully saturated rings. The molecule has 1 saturated heterocycles. The molecule has 2 rings (SSSR count). The molecule has 7 nitrogen and oxygen atoms in total. The lowest BCUT2D eigenvalue weighted by Gasteiger charge is -2.32. The Morgan fingerprint density at radius 2 is 2.19 bits per heavy atom. The monoisotopic (exact) mass is 293 g/mol. The van der Waals surface area contributed by atoms with Gasteiger partial charge in [-0.1, -0.05) is 6.92 Å². The van der Waals surface area contributed by atoms with Gasteiger partial charge in [0.25, 0.3) is 5.69 Å². The van der Waals surface area contributed by atoms with Crippen molar-refractivity contribution in [1.29, 1.82) is 0 Å². The molecule has 0 bridgehead atoms. The fourth-order valence-electron chi connectivity index (χ4n) is 2.88. The minimum Gasteiger partial charge on any atom is -0.367 e. The Hall–Kier alpha value is -1.86. The Morgan fingerprint density at radius 3 is 2.81 bits per heavy atom. The van der Waals surface area contributed by atoms with Crippen LogP contribution in [-0.2, 0) is 0 Å². The van der Waals surface area contributed by atoms with Crippen LogP contribution >= 0.6 is 0 Å². The number of benzene rings is 1. The van der Waals surface area contributed by atoms with Crippen LogP contribution in [0, 0.1) is 10.1 Å². The van der Waals surface area contributed by atoms with E-state index in [1.165, 1.54) is 6.07 Å². The zero-order chi connectivity index (χ0) is 15.4. The van der Waals surface area contributed by atoms with Crippen LogP contribution in [0.1, 0.15) is 19.8 Å². The third kappa shape index (κ3) is 3.62. The summed E-state index contributed by atoms with van der Waals surface area (Å²) in [5.41, 5.74) is 4.00. The van der Waals surface area contributed by atoms with Crippen LogP contribution in [0.2, 0.25) is 0 Å². The van der Waals surface area contributed by atoms with Crippen LogP contribution in [0.3, 0.4) is 0 Å². The van der Waals surface area contributed by atoms with Crippen LogP contribution < -0.4 is 16.2 Å². The molecule has 7 heteroatoms. The largest absolute Gasteiger partial charge is 0.367 e. The van der Waals surface area contributed by atoms with Gasteiger partial charge in [-0.25, -0.2) is 0 Å². The number of hydrazine groups is 1. The summed E-state index contributed by atoms with van der Waals surface area (Å²) < 4.78 is 0. The Morgan fingerprint density at radius 1 is 1.43 bits per heavy atom. The predicted octanol–water partition coefficient (Wildman–Crippen LogP) is 1.80. The fourth-order valence-corrected chi connectivity index (χ4v) is 2.88. The maximum absolute atomic E-state index is 11.1. The molecule has 1 unspecified atom stereocenters. The second-order valence-electron chi connectivity index (χ2n) is 5.51. The van der Waals surface area contributed by atoms with E-state index in [9.17, 15) is 10.1 Å². The molecule has 0 amide bonds. The number of nitro benzene ring substituents is 1. The van der Waals surface area contributed by atoms with Crippen LogP contribution in [0.25, 0.3) is 0 Å². The Labute approximate surface area is 124 Å². The average molecular weight is 293 g/mol. The number of nitrogens with one attached hydrogen (secondary N) is 1. The first kappa shape index (κ1) is 15.5. The summed E-state index contributed by atoms with van der Waals surface area (Å²) in [4.78, 5) is 15.3. The molecule has 116 valence electrons. The van der Waals surface area contributed by atoms with Crippen LogP contribution in [0.4, 0.5) is 17.1 Å². The van der Waals surface area contributed by atoms with Gasteiger partial charge in [0.05, 0.1) is 10.6 Å². The van der Waals surface area contributed by atoms with E-state index in [-0.39, 0.29) is 10.6 Å². The highest BCUT2D eigenvalue weighted by atomic mass is 16.6. The zero-order valence-corrected chi connectivity index (χ0v) is 12.6. The van der Waals surface area contributed by atoms with E-state index in [1.54, 1.807) is 6.07 Å². The molecule has 0 aliphatic carbocycles. The predicted molar refractivity (Wildman–Crippen MR) is 84.4 cm³/mol. The molecule has 1 aliphatic rings. The van der Waals surface area contributed by atoms with Crippen molar-refractivity contribution in [2.75, 3.05) is 37.0 Å². The number of hydrogen-bond donors (Lipinski definition) is 2. The molecule has 0 radical (unpaired) electrons. The minimum atomic E-state index is -0.380. The molecule has 1 atom stereocenters. The van der Waals surface area contributed by atoms with Gasteiger partial charge in [0.2, 0.25) is 0 Å². The SMILES string of the molecule is CCC1CN(C)CCCN1c1cc(NN)cc([N+](=O)[O-])c1. The Bertz CT molecular complexity index is 508. The fraction of sp³-hybridized carbons (Fsp3) is 0.571. The van der Waals surface area contributed by atoms with Gasteiger partial charge in [0, 0.05) is 37.0 Å². The molecule has 0 saturated carbocycles. The topological polar surface area (TPSA) is 87.7 Å². The molecule has 1 aromatic carbocycles. The molecule has 1 aliphatic heterocycles. The number of anilines is 2. The summed E-state index contributed by atoms with van der Waals surface area (Å²) >= 11 is 0. The summed E-state index contributed by atoms with van der Waals surface area (Å²) in [7, 11) is 2.12. The van der Waals surface area contributed by atoms with Gasteiger partial charge >= 0.3 is 0 Å². The van der Waals surface area contributed by atoms with Crippen molar-refractivity contribution in [1.82, 2.24) is 4.90 Å². The summed E-state index contributed by atoms with van der Waals surface area (Å²) in [6.07, 6.45) is 2.04. The van der Waals surface area contributed by atoms with Gasteiger partial charge in [-0.15, -0.1) is 0 Å². The molecule has 0 aromatic heterocycles. The molecular formula is C14H23N5O2. The third-order valence-corrected chi connectivity index (χ3v) is 3.98. The zero-order valence-electron chi connectivity index (χ0n) is 12.6. The summed E-state index contributed by atoms with van der Waals surface area (Å²) in [5.74, 6) is 5.44. The van der Waals surface area contributed by atoms with Crippen molar-refractivity contribution in [3.05, 3.63) is 28.3 Å². The van der Waals surface area contributed by atoms with E-state index < -0.39 is 0 Å². The van der Waals surface area contributed by atoms with Crippen molar-refractivity contribution in [3.8, 4) is 0 Å². The van der Waals surface area contributed by atoms with E-state index >= 15 is 0 Å². The normalized spacial score (nSPS) is 20.1. The van der Waals surface area contributed by atoms with E-state index in [0.29, 0.717) is 11.7 Å². The summed E-state index contributed by atoms with van der Waals surface area (Å²) in [6, 6.07) is 5.31. The lowest BCUT2D eigenvalue weighted by atomic mass is 10.1. The highest BCUT2D eigenvalue weighted by Crippen LogP contribution is 2.29. The van der Waals surface area contributed by atoms with E-state index in [2.05, 4.69) is 29.2 Å². The molecule has 0 spiro atoms. The number of rotatable bonds is 4. The first-order valence-electron chi connectivity index (χ1n) is 7.26. The molecule has 1 aromatic rings. The second-order valence-corrected chi connectivity index (χ2v) is 5.51. The van der Waals surface area contributed by atoms with Crippen LogP contribution in [-0.4, -0.2) is 42.5 Å². The van der Waals surface area contributed by atoms with Gasteiger partial charge in [-0.05, 0) is 32.5 Å². The molecule has 3 N–H and O–H groups in total. The Balaban J connectivity index is 2.37. The summed E-state index contributed by atoms with van der Waals surface area (Å²) in [5, 5.41) is 11.1. The number of nitro groups is 1. The smallest absolute Gasteiger partial charge is 0.273 e. The maximum atomic E-state index is 11.1. The number of non-ortho nitro benzene ring substituents is 1. The number of hydrogen-bond acceptors (Lipinski definition) is 6. The van der Waals surface area contributed by atoms with Crippen LogP contribution in [0.5, 0.6) is 0 Å². The van der Waals surface area contributed by atoms with E-state index in [0.717, 1.165) is 38.2 Å². The van der Waals surface area contributed by atoms with Crippen molar-refractivity contribution >= 4 is 17.1 Å². The number of nitrogens with zero attached hydrogens (tertiary/aromatic N) is 3. The minimum absolute atomic E-state index is 0.0629. The number of nitrogens with two attached hydrogens (primary N) is 1. The lowest BCUT2D eigenvalue weighted by molar-refractivity contribution is -0.384. The van der Waals surface area contributed by atoms with Crippen molar-refractivity contribution in [2.24, 2.45) is 5.84 Å². The Kier molecular flexibility index (Phi) is 4.98. The lowest BCUT2D eigenvalue weighted by Crippen LogP contribution is -2.39. The average Bonchev–Trinajstić information content (AvgIpc) is 2.67. The van der Waals surface area contributed by atoms with Gasteiger partial charge in [0.15, 0.2) is 0 Å². The standard InChI is InChI=1S/C14H23N5O2/c1-3-12-10-17(2)5-4-6-18(12)13-7-11(16-15)8-14(9-13)19(20)21/h7-9,12,16H,3-6,10,15H2,1-2H3. The highest BCUT2D eigenvalue weighted by molar-refractivity contribution is 5.64. The van der Waals surface area contributed by atoms with Gasteiger partial charge in [0.1, 0.15) is 0 Å². The van der Waals surface area contributed by atoms with Gasteiger partial charge < -0.3 is 15.2 Å². The van der Waals surface area contributed by atoms with E-state index in [1.807, 2.05) is 6.07 Å². The maximum Gasteiger partial charge on any atom is 0.273 e. The quantitative estimate of drug-likeness (QED) is 0.500. The third-order valence-electron chi connectivity index (χ3n) is 3.98. The second kappa shape index (κ2) is 6.73. The van der Waals surface area contributed by atoms with Gasteiger partial charge in [-0.2, -0.15) is 0 Å². The van der Waals surface area contributed by atoms with Crippen molar-refractivity contribution in [2.45, 2.75) is 25.8 Å². The highest BCUT2D eigenvalue weighted by Gasteiger charge is 2.24. The molecular weight excluding hydrogens is 270 g/mol. The molecule has 21 heavy (non-hydrogen) atoms. The van der Waals surface area contributed by atoms with Crippen molar-refractivity contribution < 1.29 is 4.92 Å². The van der Waals surface area contributed by atoms with Crippen LogP contribution in [0.15, 0.2) is 18.2 Å². The first-order valence-corrected chi connectivity index (χ1v) is 7.26. The van der Waals surface area contributed by atoms with E-state index in [4.69, 9.17) is 5.84 Å². The van der Waals surface area contributed by atoms with Crippen molar-refractivity contribution in [3.63, 3.8) is 0 Å².